The monoisotopic (exact) mass is 271 g/mol. The molecule has 4 heteroatoms. The zero-order valence-electron chi connectivity index (χ0n) is 11.8. The smallest absolute Gasteiger partial charge is 0.103 e. The molecule has 2 aromatic rings. The Morgan fingerprint density at radius 3 is 3.05 bits per heavy atom. The van der Waals surface area contributed by atoms with Crippen molar-refractivity contribution in [1.29, 1.82) is 0 Å². The van der Waals surface area contributed by atoms with E-state index in [1.807, 2.05) is 35.3 Å². The highest BCUT2D eigenvalue weighted by atomic mass is 16.3. The number of hydrogen-bond donors (Lipinski definition) is 2. The maximum absolute atomic E-state index is 10.8. The molecule has 1 aliphatic carbocycles. The molecule has 0 amide bonds. The fraction of sp³-hybridized carbons (Fsp3) is 0.438. The van der Waals surface area contributed by atoms with E-state index in [0.29, 0.717) is 6.54 Å². The maximum atomic E-state index is 10.8. The number of benzene rings is 1. The Kier molecular flexibility index (Phi) is 3.59. The van der Waals surface area contributed by atoms with Gasteiger partial charge in [0, 0.05) is 31.4 Å². The minimum absolute atomic E-state index is 0.585. The van der Waals surface area contributed by atoms with E-state index >= 15 is 0 Å². The Labute approximate surface area is 119 Å². The van der Waals surface area contributed by atoms with Crippen LogP contribution in [0.15, 0.2) is 36.7 Å². The molecule has 1 heterocycles. The summed E-state index contributed by atoms with van der Waals surface area (Å²) in [6.07, 6.45) is 5.68. The van der Waals surface area contributed by atoms with Gasteiger partial charge in [-0.3, -0.25) is 4.68 Å². The SMILES string of the molecule is CCn1cc(CNCC2(O)CCc3ccccc32)cn1. The quantitative estimate of drug-likeness (QED) is 0.872. The van der Waals surface area contributed by atoms with Crippen LogP contribution in [0.4, 0.5) is 0 Å². The summed E-state index contributed by atoms with van der Waals surface area (Å²) in [5.74, 6) is 0. The van der Waals surface area contributed by atoms with Crippen molar-refractivity contribution in [1.82, 2.24) is 15.1 Å². The molecule has 106 valence electrons. The van der Waals surface area contributed by atoms with E-state index in [1.54, 1.807) is 0 Å². The minimum Gasteiger partial charge on any atom is -0.384 e. The third kappa shape index (κ3) is 2.49. The Balaban J connectivity index is 1.61. The van der Waals surface area contributed by atoms with Gasteiger partial charge in [0.1, 0.15) is 5.60 Å². The van der Waals surface area contributed by atoms with Crippen LogP contribution in [0.1, 0.15) is 30.0 Å². The topological polar surface area (TPSA) is 50.1 Å². The summed E-state index contributed by atoms with van der Waals surface area (Å²) in [6, 6.07) is 8.19. The molecule has 0 fully saturated rings. The predicted molar refractivity (Wildman–Crippen MR) is 78.3 cm³/mol. The van der Waals surface area contributed by atoms with Crippen LogP contribution >= 0.6 is 0 Å². The number of aromatic nitrogens is 2. The fourth-order valence-corrected chi connectivity index (χ4v) is 2.94. The molecule has 0 spiro atoms. The minimum atomic E-state index is -0.725. The molecule has 20 heavy (non-hydrogen) atoms. The second-order valence-corrected chi connectivity index (χ2v) is 5.50. The van der Waals surface area contributed by atoms with Crippen LogP contribution in [0, 0.1) is 0 Å². The summed E-state index contributed by atoms with van der Waals surface area (Å²) in [5, 5.41) is 18.4. The maximum Gasteiger partial charge on any atom is 0.103 e. The van der Waals surface area contributed by atoms with Crippen molar-refractivity contribution in [2.45, 2.75) is 38.5 Å². The van der Waals surface area contributed by atoms with Crippen LogP contribution in [-0.2, 0) is 25.1 Å². The first-order chi connectivity index (χ1) is 9.71. The number of nitrogens with zero attached hydrogens (tertiary/aromatic N) is 2. The lowest BCUT2D eigenvalue weighted by Gasteiger charge is -2.24. The van der Waals surface area contributed by atoms with E-state index in [0.717, 1.165) is 37.1 Å². The molecule has 1 aromatic carbocycles. The van der Waals surface area contributed by atoms with E-state index in [-0.39, 0.29) is 0 Å². The molecule has 1 aliphatic rings. The summed E-state index contributed by atoms with van der Waals surface area (Å²) in [6.45, 7) is 4.28. The predicted octanol–water partition coefficient (Wildman–Crippen LogP) is 1.83. The Morgan fingerprint density at radius 2 is 2.25 bits per heavy atom. The third-order valence-corrected chi connectivity index (χ3v) is 4.08. The van der Waals surface area contributed by atoms with Gasteiger partial charge in [0.25, 0.3) is 0 Å². The zero-order valence-corrected chi connectivity index (χ0v) is 11.8. The molecule has 3 rings (SSSR count). The van der Waals surface area contributed by atoms with Gasteiger partial charge in [-0.2, -0.15) is 5.10 Å². The van der Waals surface area contributed by atoms with Crippen molar-refractivity contribution >= 4 is 0 Å². The van der Waals surface area contributed by atoms with Crippen molar-refractivity contribution in [3.8, 4) is 0 Å². The molecule has 1 atom stereocenters. The van der Waals surface area contributed by atoms with Crippen molar-refractivity contribution in [3.63, 3.8) is 0 Å². The highest BCUT2D eigenvalue weighted by molar-refractivity contribution is 5.37. The van der Waals surface area contributed by atoms with E-state index in [9.17, 15) is 5.11 Å². The van der Waals surface area contributed by atoms with Crippen LogP contribution in [0.2, 0.25) is 0 Å². The van der Waals surface area contributed by atoms with Gasteiger partial charge in [0.15, 0.2) is 0 Å². The lowest BCUT2D eigenvalue weighted by atomic mass is 9.96. The number of aryl methyl sites for hydroxylation is 2. The van der Waals surface area contributed by atoms with Crippen molar-refractivity contribution in [2.24, 2.45) is 0 Å². The number of aliphatic hydroxyl groups is 1. The van der Waals surface area contributed by atoms with Gasteiger partial charge in [0.05, 0.1) is 6.20 Å². The van der Waals surface area contributed by atoms with Gasteiger partial charge >= 0.3 is 0 Å². The van der Waals surface area contributed by atoms with E-state index < -0.39 is 5.60 Å². The third-order valence-electron chi connectivity index (χ3n) is 4.08. The van der Waals surface area contributed by atoms with Gasteiger partial charge in [-0.05, 0) is 30.9 Å². The molecule has 0 radical (unpaired) electrons. The van der Waals surface area contributed by atoms with Crippen LogP contribution in [0.25, 0.3) is 0 Å². The largest absolute Gasteiger partial charge is 0.384 e. The van der Waals surface area contributed by atoms with Crippen LogP contribution in [0.5, 0.6) is 0 Å². The highest BCUT2D eigenvalue weighted by Crippen LogP contribution is 2.36. The number of hydrogen-bond acceptors (Lipinski definition) is 3. The van der Waals surface area contributed by atoms with E-state index in [2.05, 4.69) is 23.4 Å². The highest BCUT2D eigenvalue weighted by Gasteiger charge is 2.35. The summed E-state index contributed by atoms with van der Waals surface area (Å²) in [7, 11) is 0. The van der Waals surface area contributed by atoms with E-state index in [1.165, 1.54) is 5.56 Å². The van der Waals surface area contributed by atoms with Gasteiger partial charge in [0.2, 0.25) is 0 Å². The van der Waals surface area contributed by atoms with Crippen molar-refractivity contribution in [3.05, 3.63) is 53.3 Å². The molecular weight excluding hydrogens is 250 g/mol. The average molecular weight is 271 g/mol. The number of rotatable bonds is 5. The molecule has 0 saturated heterocycles. The zero-order chi connectivity index (χ0) is 14.0. The fourth-order valence-electron chi connectivity index (χ4n) is 2.94. The summed E-state index contributed by atoms with van der Waals surface area (Å²) in [5.41, 5.74) is 2.78. The lowest BCUT2D eigenvalue weighted by Crippen LogP contribution is -2.35. The van der Waals surface area contributed by atoms with Crippen molar-refractivity contribution in [2.75, 3.05) is 6.54 Å². The van der Waals surface area contributed by atoms with Crippen LogP contribution in [-0.4, -0.2) is 21.4 Å². The second-order valence-electron chi connectivity index (χ2n) is 5.50. The van der Waals surface area contributed by atoms with Gasteiger partial charge in [-0.25, -0.2) is 0 Å². The summed E-state index contributed by atoms with van der Waals surface area (Å²) >= 11 is 0. The average Bonchev–Trinajstić information content (AvgIpc) is 3.05. The van der Waals surface area contributed by atoms with Crippen molar-refractivity contribution < 1.29 is 5.11 Å². The Hall–Kier alpha value is -1.65. The molecular formula is C16H21N3O. The molecule has 2 N–H and O–H groups in total. The Bertz CT molecular complexity index is 593. The first-order valence-electron chi connectivity index (χ1n) is 7.24. The van der Waals surface area contributed by atoms with Gasteiger partial charge in [-0.15, -0.1) is 0 Å². The molecule has 1 unspecified atom stereocenters. The molecule has 0 aliphatic heterocycles. The summed E-state index contributed by atoms with van der Waals surface area (Å²) < 4.78 is 1.91. The first-order valence-corrected chi connectivity index (χ1v) is 7.24. The van der Waals surface area contributed by atoms with Gasteiger partial charge < -0.3 is 10.4 Å². The molecule has 4 nitrogen and oxygen atoms in total. The molecule has 0 bridgehead atoms. The van der Waals surface area contributed by atoms with Crippen LogP contribution in [0.3, 0.4) is 0 Å². The molecule has 1 aromatic heterocycles. The van der Waals surface area contributed by atoms with E-state index in [4.69, 9.17) is 0 Å². The Morgan fingerprint density at radius 1 is 1.40 bits per heavy atom. The normalized spacial score (nSPS) is 21.1. The van der Waals surface area contributed by atoms with Crippen LogP contribution < -0.4 is 5.32 Å². The number of fused-ring (bicyclic) bond motifs is 1. The summed E-state index contributed by atoms with van der Waals surface area (Å²) in [4.78, 5) is 0. The second kappa shape index (κ2) is 5.38. The number of nitrogens with one attached hydrogen (secondary N) is 1. The lowest BCUT2D eigenvalue weighted by molar-refractivity contribution is 0.0384. The standard InChI is InChI=1S/C16H21N3O/c1-2-19-11-13(10-18-19)9-17-12-16(20)8-7-14-5-3-4-6-15(14)16/h3-6,10-11,17,20H,2,7-9,12H2,1H3. The molecule has 0 saturated carbocycles. The van der Waals surface area contributed by atoms with Gasteiger partial charge in [-0.1, -0.05) is 24.3 Å². The first kappa shape index (κ1) is 13.3.